The number of benzene rings is 3. The van der Waals surface area contributed by atoms with Gasteiger partial charge in [-0.05, 0) is 128 Å². The number of nitrogens with two attached hydrogens (primary N) is 3. The summed E-state index contributed by atoms with van der Waals surface area (Å²) in [5.41, 5.74) is 26.0. The first kappa shape index (κ1) is 61.9. The summed E-state index contributed by atoms with van der Waals surface area (Å²) in [5.74, 6) is -0.854. The largest absolute Gasteiger partial charge is 0.496 e. The molecule has 0 radical (unpaired) electrons. The molecule has 3 aliphatic heterocycles. The van der Waals surface area contributed by atoms with Crippen LogP contribution >= 0.6 is 62.3 Å². The maximum absolute atomic E-state index is 14.1. The molecule has 0 saturated carbocycles. The highest BCUT2D eigenvalue weighted by Crippen LogP contribution is 2.38. The number of ether oxygens (including phenoxy) is 2. The van der Waals surface area contributed by atoms with Crippen molar-refractivity contribution in [3.05, 3.63) is 165 Å². The minimum Gasteiger partial charge on any atom is -0.399 e. The lowest BCUT2D eigenvalue weighted by Crippen LogP contribution is -2.41. The monoisotopic (exact) mass is 1300 g/mol. The molecule has 26 heteroatoms. The number of fused-ring (bicyclic) bond motifs is 2. The summed E-state index contributed by atoms with van der Waals surface area (Å²) in [6, 6.07) is 28.0. The Balaban J connectivity index is 0.000000147. The zero-order chi connectivity index (χ0) is 59.9. The molecular formula is C58H57BBrCl4FN12O6S. The fraction of sp³-hybridized carbons (Fsp3) is 0.241. The van der Waals surface area contributed by atoms with Crippen molar-refractivity contribution in [2.75, 3.05) is 84.3 Å². The highest BCUT2D eigenvalue weighted by Gasteiger charge is 2.52. The van der Waals surface area contributed by atoms with Gasteiger partial charge in [-0.15, -0.1) is 0 Å². The Kier molecular flexibility index (Phi) is 19.7. The predicted molar refractivity (Wildman–Crippen MR) is 338 cm³/mol. The lowest BCUT2D eigenvalue weighted by atomic mass is 9.80. The molecule has 9 heterocycles. The summed E-state index contributed by atoms with van der Waals surface area (Å²) in [4.78, 5) is 29.1. The smallest absolute Gasteiger partial charge is 0.399 e. The van der Waals surface area contributed by atoms with E-state index in [4.69, 9.17) is 82.4 Å². The Bertz CT molecular complexity index is 3950. The summed E-state index contributed by atoms with van der Waals surface area (Å²) in [5, 5.41) is 3.01. The van der Waals surface area contributed by atoms with Crippen molar-refractivity contribution in [3.8, 4) is 22.3 Å². The standard InChI is InChI=1S/C24H20ClFN4O3S.C18H17ClN4O.C11H16BClN2O2.C5H4BrClN2/c25-24-21(29-34(31,32)23-4-2-1-3-19(23)26)14-17(15-28-24)16-5-6-20-18(13-16)22(7-8-27-20)30-9-11-33-12-10-30;19-18-15(20)10-13(11-22-18)12-1-2-16-14(9-12)17(3-4-21-16)23-5-7-24-8-6-23;1-10(2)11(3,4)17-12(16-10)7-5-8(14)9(13)15-6-7;6-3-1-4(8)5(7)9-2-3/h1-8,13-15,29H,9-12H2;1-4,9-11H,5-8,20H2;5-6H,14H2,1-4H3;1-2H,8H2. The number of morpholine rings is 2. The predicted octanol–water partition coefficient (Wildman–Crippen LogP) is 11.8. The molecule has 7 N–H and O–H groups in total. The molecule has 18 nitrogen and oxygen atoms in total. The Morgan fingerprint density at radius 1 is 0.571 bits per heavy atom. The van der Waals surface area contributed by atoms with Gasteiger partial charge in [-0.3, -0.25) is 14.7 Å². The minimum atomic E-state index is -4.20. The molecule has 3 fully saturated rings. The molecule has 3 saturated heterocycles. The van der Waals surface area contributed by atoms with Crippen LogP contribution < -0.4 is 37.2 Å². The summed E-state index contributed by atoms with van der Waals surface area (Å²) in [6.07, 6.45) is 10.2. The van der Waals surface area contributed by atoms with Gasteiger partial charge in [0.15, 0.2) is 20.6 Å². The van der Waals surface area contributed by atoms with Crippen molar-refractivity contribution in [1.29, 1.82) is 0 Å². The minimum absolute atomic E-state index is 0.0416. The maximum Gasteiger partial charge on any atom is 0.496 e. The number of sulfonamides is 1. The number of anilines is 6. The zero-order valence-corrected chi connectivity index (χ0v) is 51.3. The number of nitrogens with zero attached hydrogens (tertiary/aromatic N) is 8. The lowest BCUT2D eigenvalue weighted by Gasteiger charge is -2.32. The molecule has 3 aromatic carbocycles. The molecule has 0 unspecified atom stereocenters. The molecule has 0 spiro atoms. The van der Waals surface area contributed by atoms with Crippen LogP contribution in [0.2, 0.25) is 20.6 Å². The third-order valence-electron chi connectivity index (χ3n) is 14.1. The second-order valence-electron chi connectivity index (χ2n) is 20.3. The second-order valence-corrected chi connectivity index (χ2v) is 24.3. The van der Waals surface area contributed by atoms with Gasteiger partial charge in [0.25, 0.3) is 10.0 Å². The van der Waals surface area contributed by atoms with Crippen LogP contribution in [-0.4, -0.2) is 109 Å². The molecule has 0 atom stereocenters. The molecule has 84 heavy (non-hydrogen) atoms. The van der Waals surface area contributed by atoms with Crippen LogP contribution in [0.3, 0.4) is 0 Å². The lowest BCUT2D eigenvalue weighted by molar-refractivity contribution is 0.00578. The molecule has 0 bridgehead atoms. The van der Waals surface area contributed by atoms with Crippen LogP contribution in [0.15, 0.2) is 144 Å². The number of pyridine rings is 6. The Labute approximate surface area is 514 Å². The van der Waals surface area contributed by atoms with E-state index in [0.29, 0.717) is 51.3 Å². The van der Waals surface area contributed by atoms with E-state index in [0.717, 1.165) is 99.6 Å². The number of rotatable bonds is 8. The van der Waals surface area contributed by atoms with E-state index in [1.807, 2.05) is 76.4 Å². The third kappa shape index (κ3) is 14.7. The number of aromatic nitrogens is 6. The average Bonchev–Trinajstić information content (AvgIpc) is 2.02. The van der Waals surface area contributed by atoms with Gasteiger partial charge in [-0.1, -0.05) is 70.7 Å². The second kappa shape index (κ2) is 26.7. The summed E-state index contributed by atoms with van der Waals surface area (Å²) in [6.45, 7) is 14.2. The van der Waals surface area contributed by atoms with Crippen molar-refractivity contribution < 1.29 is 31.6 Å². The van der Waals surface area contributed by atoms with E-state index >= 15 is 0 Å². The van der Waals surface area contributed by atoms with Crippen molar-refractivity contribution in [1.82, 2.24) is 29.9 Å². The molecule has 0 amide bonds. The first-order valence-electron chi connectivity index (χ1n) is 26.2. The van der Waals surface area contributed by atoms with E-state index in [1.165, 1.54) is 23.9 Å². The van der Waals surface area contributed by atoms with Crippen LogP contribution in [0.1, 0.15) is 27.7 Å². The summed E-state index contributed by atoms with van der Waals surface area (Å²) < 4.78 is 65.5. The average molecular weight is 1300 g/mol. The highest BCUT2D eigenvalue weighted by molar-refractivity contribution is 9.10. The fourth-order valence-corrected chi connectivity index (χ4v) is 11.0. The first-order chi connectivity index (χ1) is 40.1. The van der Waals surface area contributed by atoms with Crippen LogP contribution in [0.4, 0.5) is 38.5 Å². The number of hydrogen-bond acceptors (Lipinski definition) is 17. The molecule has 436 valence electrons. The Morgan fingerprint density at radius 3 is 1.52 bits per heavy atom. The Hall–Kier alpha value is -6.70. The van der Waals surface area contributed by atoms with Gasteiger partial charge in [-0.2, -0.15) is 0 Å². The molecule has 12 rings (SSSR count). The number of hydrogen-bond donors (Lipinski definition) is 4. The fourth-order valence-electron chi connectivity index (χ4n) is 8.97. The zero-order valence-electron chi connectivity index (χ0n) is 45.9. The van der Waals surface area contributed by atoms with Crippen molar-refractivity contribution in [2.45, 2.75) is 43.8 Å². The Morgan fingerprint density at radius 2 is 1.04 bits per heavy atom. The van der Waals surface area contributed by atoms with Crippen molar-refractivity contribution in [2.24, 2.45) is 0 Å². The van der Waals surface area contributed by atoms with Crippen LogP contribution in [0, 0.1) is 5.82 Å². The first-order valence-corrected chi connectivity index (χ1v) is 30.0. The normalized spacial score (nSPS) is 15.5. The molecule has 9 aromatic rings. The van der Waals surface area contributed by atoms with Gasteiger partial charge in [-0.25, -0.2) is 32.7 Å². The maximum atomic E-state index is 14.1. The SMILES string of the molecule is CC1(C)OB(c2cnc(Cl)c(N)c2)OC1(C)C.Nc1cc(-c2ccc3nccc(N4CCOCC4)c3c2)cnc1Cl.Nc1cc(Br)cnc1Cl.O=S(=O)(Nc1cc(-c2ccc3nccc(N4CCOCC4)c3c2)cnc1Cl)c1ccccc1F. The summed E-state index contributed by atoms with van der Waals surface area (Å²) in [7, 11) is -4.65. The number of nitrogen functional groups attached to an aromatic ring is 3. The molecule has 0 aliphatic carbocycles. The molecule has 3 aliphatic rings. The number of nitrogens with one attached hydrogen (secondary N) is 1. The van der Waals surface area contributed by atoms with Crippen LogP contribution in [0.5, 0.6) is 0 Å². The number of halogens is 6. The van der Waals surface area contributed by atoms with E-state index in [2.05, 4.69) is 72.5 Å². The van der Waals surface area contributed by atoms with E-state index in [1.54, 1.807) is 49.2 Å². The van der Waals surface area contributed by atoms with Gasteiger partial charge in [0.1, 0.15) is 10.7 Å². The third-order valence-corrected chi connectivity index (χ3v) is 17.2. The summed E-state index contributed by atoms with van der Waals surface area (Å²) >= 11 is 26.6. The van der Waals surface area contributed by atoms with Gasteiger partial charge >= 0.3 is 7.12 Å². The quantitative estimate of drug-likeness (QED) is 0.0816. The van der Waals surface area contributed by atoms with Crippen molar-refractivity contribution >= 4 is 141 Å². The van der Waals surface area contributed by atoms with Gasteiger partial charge in [0, 0.05) is 107 Å². The molecule has 6 aromatic heterocycles. The van der Waals surface area contributed by atoms with E-state index in [-0.39, 0.29) is 22.0 Å². The highest BCUT2D eigenvalue weighted by atomic mass is 79.9. The van der Waals surface area contributed by atoms with Crippen LogP contribution in [0.25, 0.3) is 44.1 Å². The molecular weight excluding hydrogens is 1240 g/mol. The van der Waals surface area contributed by atoms with Crippen molar-refractivity contribution in [3.63, 3.8) is 0 Å². The van der Waals surface area contributed by atoms with E-state index < -0.39 is 27.9 Å². The van der Waals surface area contributed by atoms with Gasteiger partial charge in [0.05, 0.1) is 71.4 Å². The van der Waals surface area contributed by atoms with Crippen LogP contribution in [-0.2, 0) is 28.8 Å². The van der Waals surface area contributed by atoms with Gasteiger partial charge in [0.2, 0.25) is 0 Å². The van der Waals surface area contributed by atoms with E-state index in [9.17, 15) is 12.8 Å². The topological polar surface area (TPSA) is 245 Å². The van der Waals surface area contributed by atoms with Gasteiger partial charge < -0.3 is 45.8 Å².